The van der Waals surface area contributed by atoms with Crippen molar-refractivity contribution in [3.05, 3.63) is 101 Å². The van der Waals surface area contributed by atoms with Gasteiger partial charge in [-0.25, -0.2) is 9.38 Å². The Labute approximate surface area is 153 Å². The number of halogens is 1. The van der Waals surface area contributed by atoms with Crippen LogP contribution in [0.3, 0.4) is 0 Å². The van der Waals surface area contributed by atoms with Crippen LogP contribution in [0.15, 0.2) is 83.9 Å². The molecule has 3 heteroatoms. The lowest BCUT2D eigenvalue weighted by molar-refractivity contribution is 0.0809. The van der Waals surface area contributed by atoms with Crippen LogP contribution in [-0.2, 0) is 6.42 Å². The summed E-state index contributed by atoms with van der Waals surface area (Å²) in [6, 6.07) is 24.4. The number of benzene rings is 3. The number of aliphatic hydroxyl groups is 1. The average molecular weight is 347 g/mol. The van der Waals surface area contributed by atoms with Gasteiger partial charge in [0.2, 0.25) is 0 Å². The summed E-state index contributed by atoms with van der Waals surface area (Å²) >= 11 is 0. The van der Waals surface area contributed by atoms with Crippen LogP contribution in [0.4, 0.5) is 10.1 Å². The highest BCUT2D eigenvalue weighted by Crippen LogP contribution is 2.24. The maximum atomic E-state index is 14.6. The van der Waals surface area contributed by atoms with Crippen molar-refractivity contribution < 1.29 is 9.50 Å². The maximum Gasteiger partial charge on any atom is 0.149 e. The zero-order valence-electron chi connectivity index (χ0n) is 15.0. The fraction of sp³-hybridized carbons (Fsp3) is 0.174. The smallest absolute Gasteiger partial charge is 0.149 e. The molecule has 2 nitrogen and oxygen atoms in total. The van der Waals surface area contributed by atoms with Gasteiger partial charge in [0.25, 0.3) is 0 Å². The Hall–Kier alpha value is -2.78. The second-order valence-electron chi connectivity index (χ2n) is 6.97. The van der Waals surface area contributed by atoms with Gasteiger partial charge in [0.05, 0.1) is 17.0 Å². The highest BCUT2D eigenvalue weighted by atomic mass is 19.1. The van der Waals surface area contributed by atoms with Crippen molar-refractivity contribution in [2.24, 2.45) is 4.99 Å². The van der Waals surface area contributed by atoms with Gasteiger partial charge in [-0.05, 0) is 31.5 Å². The molecule has 0 aliphatic heterocycles. The van der Waals surface area contributed by atoms with E-state index < -0.39 is 11.4 Å². The first-order chi connectivity index (χ1) is 12.4. The van der Waals surface area contributed by atoms with Crippen molar-refractivity contribution in [2.45, 2.75) is 25.9 Å². The summed E-state index contributed by atoms with van der Waals surface area (Å²) in [5.41, 5.74) is 2.73. The van der Waals surface area contributed by atoms with Crippen molar-refractivity contribution in [1.82, 2.24) is 0 Å². The van der Waals surface area contributed by atoms with E-state index >= 15 is 0 Å². The first-order valence-electron chi connectivity index (χ1n) is 8.63. The van der Waals surface area contributed by atoms with Gasteiger partial charge in [-0.2, -0.15) is 0 Å². The Morgan fingerprint density at radius 1 is 0.885 bits per heavy atom. The van der Waals surface area contributed by atoms with Crippen molar-refractivity contribution in [3.63, 3.8) is 0 Å². The van der Waals surface area contributed by atoms with E-state index in [1.165, 1.54) is 6.07 Å². The molecule has 0 spiro atoms. The standard InChI is InChI=1S/C23H22FNO/c1-23(2,26)16-17-13-14-21(20(24)15-17)25-22(18-9-5-3-6-10-18)19-11-7-4-8-12-19/h3-15,26H,16H2,1-2H3. The van der Waals surface area contributed by atoms with Gasteiger partial charge in [-0.3, -0.25) is 0 Å². The SMILES string of the molecule is CC(C)(O)Cc1ccc(N=C(c2ccccc2)c2ccccc2)c(F)c1. The summed E-state index contributed by atoms with van der Waals surface area (Å²) in [4.78, 5) is 4.62. The molecule has 26 heavy (non-hydrogen) atoms. The number of hydrogen-bond acceptors (Lipinski definition) is 2. The molecule has 132 valence electrons. The molecule has 0 heterocycles. The summed E-state index contributed by atoms with van der Waals surface area (Å²) in [5.74, 6) is -0.392. The quantitative estimate of drug-likeness (QED) is 0.624. The van der Waals surface area contributed by atoms with Crippen LogP contribution in [0.5, 0.6) is 0 Å². The Morgan fingerprint density at radius 3 is 1.88 bits per heavy atom. The molecule has 0 saturated carbocycles. The Kier molecular flexibility index (Phi) is 5.29. The summed E-state index contributed by atoms with van der Waals surface area (Å²) in [5, 5.41) is 9.92. The Morgan fingerprint density at radius 2 is 1.42 bits per heavy atom. The molecule has 1 N–H and O–H groups in total. The average Bonchev–Trinajstić information content (AvgIpc) is 2.61. The Balaban J connectivity index is 2.04. The number of nitrogens with zero attached hydrogens (tertiary/aromatic N) is 1. The van der Waals surface area contributed by atoms with Gasteiger partial charge >= 0.3 is 0 Å². The molecule has 3 rings (SSSR count). The molecular formula is C23H22FNO. The van der Waals surface area contributed by atoms with Crippen LogP contribution < -0.4 is 0 Å². The minimum Gasteiger partial charge on any atom is -0.390 e. The number of hydrogen-bond donors (Lipinski definition) is 1. The van der Waals surface area contributed by atoms with E-state index in [2.05, 4.69) is 4.99 Å². The highest BCUT2D eigenvalue weighted by Gasteiger charge is 2.15. The maximum absolute atomic E-state index is 14.6. The minimum absolute atomic E-state index is 0.284. The third-order valence-corrected chi connectivity index (χ3v) is 3.98. The fourth-order valence-electron chi connectivity index (χ4n) is 2.86. The largest absolute Gasteiger partial charge is 0.390 e. The highest BCUT2D eigenvalue weighted by molar-refractivity contribution is 6.13. The van der Waals surface area contributed by atoms with Gasteiger partial charge in [-0.15, -0.1) is 0 Å². The first kappa shape index (κ1) is 18.0. The van der Waals surface area contributed by atoms with Crippen LogP contribution in [0, 0.1) is 5.82 Å². The second-order valence-corrected chi connectivity index (χ2v) is 6.97. The zero-order valence-corrected chi connectivity index (χ0v) is 15.0. The van der Waals surface area contributed by atoms with E-state index in [4.69, 9.17) is 0 Å². The van der Waals surface area contributed by atoms with Gasteiger partial charge in [0.15, 0.2) is 0 Å². The van der Waals surface area contributed by atoms with E-state index in [-0.39, 0.29) is 5.69 Å². The molecule has 0 aliphatic rings. The van der Waals surface area contributed by atoms with Crippen LogP contribution in [0.2, 0.25) is 0 Å². The molecule has 3 aromatic carbocycles. The lowest BCUT2D eigenvalue weighted by atomic mass is 9.98. The molecule has 0 radical (unpaired) electrons. The van der Waals surface area contributed by atoms with Gasteiger partial charge in [-0.1, -0.05) is 66.7 Å². The third kappa shape index (κ3) is 4.64. The molecule has 0 aliphatic carbocycles. The van der Waals surface area contributed by atoms with Crippen LogP contribution in [-0.4, -0.2) is 16.4 Å². The first-order valence-corrected chi connectivity index (χ1v) is 8.63. The minimum atomic E-state index is -0.879. The number of rotatable bonds is 5. The predicted molar refractivity (Wildman–Crippen MR) is 105 cm³/mol. The lowest BCUT2D eigenvalue weighted by Gasteiger charge is -2.17. The van der Waals surface area contributed by atoms with Gasteiger partial charge in [0.1, 0.15) is 5.82 Å². The summed E-state index contributed by atoms with van der Waals surface area (Å²) < 4.78 is 14.6. The summed E-state index contributed by atoms with van der Waals surface area (Å²) in [6.45, 7) is 3.42. The van der Waals surface area contributed by atoms with E-state index in [1.54, 1.807) is 19.9 Å². The van der Waals surface area contributed by atoms with Crippen molar-refractivity contribution in [2.75, 3.05) is 0 Å². The van der Waals surface area contributed by atoms with Crippen LogP contribution in [0.1, 0.15) is 30.5 Å². The molecule has 0 saturated heterocycles. The van der Waals surface area contributed by atoms with Crippen LogP contribution >= 0.6 is 0 Å². The van der Waals surface area contributed by atoms with Crippen molar-refractivity contribution >= 4 is 11.4 Å². The van der Waals surface area contributed by atoms with Gasteiger partial charge < -0.3 is 5.11 Å². The molecule has 0 unspecified atom stereocenters. The molecule has 0 aromatic heterocycles. The lowest BCUT2D eigenvalue weighted by Crippen LogP contribution is -2.21. The summed E-state index contributed by atoms with van der Waals surface area (Å²) in [7, 11) is 0. The molecule has 0 atom stereocenters. The topological polar surface area (TPSA) is 32.6 Å². The number of aliphatic imine (C=N–C) groups is 1. The van der Waals surface area contributed by atoms with Gasteiger partial charge in [0, 0.05) is 17.5 Å². The summed E-state index contributed by atoms with van der Waals surface area (Å²) in [6.07, 6.45) is 0.387. The molecule has 0 fully saturated rings. The monoisotopic (exact) mass is 347 g/mol. The molecular weight excluding hydrogens is 325 g/mol. The Bertz CT molecular complexity index is 855. The molecule has 3 aromatic rings. The molecule has 0 bridgehead atoms. The van der Waals surface area contributed by atoms with E-state index in [0.717, 1.165) is 22.4 Å². The van der Waals surface area contributed by atoms with Crippen molar-refractivity contribution in [1.29, 1.82) is 0 Å². The molecule has 0 amide bonds. The van der Waals surface area contributed by atoms with E-state index in [1.807, 2.05) is 66.7 Å². The fourth-order valence-corrected chi connectivity index (χ4v) is 2.86. The van der Waals surface area contributed by atoms with Crippen LogP contribution in [0.25, 0.3) is 0 Å². The van der Waals surface area contributed by atoms with E-state index in [9.17, 15) is 9.50 Å². The van der Waals surface area contributed by atoms with Crippen molar-refractivity contribution in [3.8, 4) is 0 Å². The zero-order chi connectivity index (χ0) is 18.6. The normalized spacial score (nSPS) is 11.2. The predicted octanol–water partition coefficient (Wildman–Crippen LogP) is 5.31. The second kappa shape index (κ2) is 7.63. The van der Waals surface area contributed by atoms with E-state index in [0.29, 0.717) is 6.42 Å². The third-order valence-electron chi connectivity index (χ3n) is 3.98.